The molecule has 20 heavy (non-hydrogen) atoms. The molecule has 0 amide bonds. The third kappa shape index (κ3) is 4.62. The van der Waals surface area contributed by atoms with Gasteiger partial charge < -0.3 is 5.32 Å². The normalized spacial score (nSPS) is 11.2. The van der Waals surface area contributed by atoms with E-state index in [0.717, 1.165) is 29.8 Å². The number of hydrogen-bond acceptors (Lipinski definition) is 3. The zero-order valence-corrected chi connectivity index (χ0v) is 14.4. The van der Waals surface area contributed by atoms with Crippen LogP contribution in [-0.4, -0.2) is 24.0 Å². The van der Waals surface area contributed by atoms with Gasteiger partial charge in [-0.15, -0.1) is 11.3 Å². The number of para-hydroxylation sites is 1. The van der Waals surface area contributed by atoms with Crippen molar-refractivity contribution in [1.29, 1.82) is 0 Å². The molecule has 0 saturated heterocycles. The fourth-order valence-electron chi connectivity index (χ4n) is 2.06. The lowest BCUT2D eigenvalue weighted by molar-refractivity contribution is 0.223. The molecule has 1 aromatic heterocycles. The van der Waals surface area contributed by atoms with Crippen LogP contribution >= 0.6 is 27.3 Å². The molecule has 2 nitrogen and oxygen atoms in total. The van der Waals surface area contributed by atoms with Gasteiger partial charge in [0, 0.05) is 40.7 Å². The number of rotatable bonds is 7. The van der Waals surface area contributed by atoms with E-state index in [2.05, 4.69) is 75.7 Å². The molecule has 0 aliphatic carbocycles. The van der Waals surface area contributed by atoms with Gasteiger partial charge >= 0.3 is 0 Å². The van der Waals surface area contributed by atoms with E-state index >= 15 is 0 Å². The summed E-state index contributed by atoms with van der Waals surface area (Å²) in [5.41, 5.74) is 1.16. The summed E-state index contributed by atoms with van der Waals surface area (Å²) in [4.78, 5) is 3.93. The van der Waals surface area contributed by atoms with Crippen LogP contribution in [0.15, 0.2) is 46.3 Å². The molecule has 0 saturated carbocycles. The Hall–Kier alpha value is -0.840. The molecule has 1 heterocycles. The first-order valence-electron chi connectivity index (χ1n) is 6.91. The summed E-state index contributed by atoms with van der Waals surface area (Å²) in [5, 5.41) is 5.64. The van der Waals surface area contributed by atoms with E-state index in [1.807, 2.05) is 17.4 Å². The first kappa shape index (κ1) is 15.5. The molecule has 1 N–H and O–H groups in total. The van der Waals surface area contributed by atoms with Crippen molar-refractivity contribution in [2.24, 2.45) is 0 Å². The summed E-state index contributed by atoms with van der Waals surface area (Å²) < 4.78 is 1.12. The molecular formula is C16H21BrN2S. The molecule has 0 bridgehead atoms. The van der Waals surface area contributed by atoms with Crippen LogP contribution in [0.2, 0.25) is 0 Å². The molecule has 108 valence electrons. The van der Waals surface area contributed by atoms with Crippen molar-refractivity contribution < 1.29 is 0 Å². The average Bonchev–Trinajstić information content (AvgIpc) is 2.92. The quantitative estimate of drug-likeness (QED) is 0.767. The summed E-state index contributed by atoms with van der Waals surface area (Å²) in [5.74, 6) is 0. The molecule has 0 fully saturated rings. The number of anilines is 1. The molecule has 0 spiro atoms. The van der Waals surface area contributed by atoms with Crippen molar-refractivity contribution in [1.82, 2.24) is 4.90 Å². The minimum Gasteiger partial charge on any atom is -0.383 e. The predicted molar refractivity (Wildman–Crippen MR) is 92.5 cm³/mol. The Balaban J connectivity index is 1.85. The molecule has 2 rings (SSSR count). The number of nitrogens with zero attached hydrogens (tertiary/aromatic N) is 1. The van der Waals surface area contributed by atoms with Crippen molar-refractivity contribution in [2.45, 2.75) is 26.4 Å². The van der Waals surface area contributed by atoms with Crippen LogP contribution in [0.3, 0.4) is 0 Å². The van der Waals surface area contributed by atoms with Crippen molar-refractivity contribution in [2.75, 3.05) is 18.4 Å². The zero-order valence-electron chi connectivity index (χ0n) is 12.0. The molecule has 0 aliphatic rings. The molecule has 0 aliphatic heterocycles. The first-order valence-corrected chi connectivity index (χ1v) is 8.59. The predicted octanol–water partition coefficient (Wildman–Crippen LogP) is 4.83. The Morgan fingerprint density at radius 3 is 2.65 bits per heavy atom. The van der Waals surface area contributed by atoms with Crippen LogP contribution in [-0.2, 0) is 6.54 Å². The second kappa shape index (κ2) is 7.81. The van der Waals surface area contributed by atoms with Crippen LogP contribution in [0.5, 0.6) is 0 Å². The van der Waals surface area contributed by atoms with E-state index in [1.54, 1.807) is 0 Å². The highest BCUT2D eigenvalue weighted by molar-refractivity contribution is 9.10. The lowest BCUT2D eigenvalue weighted by Crippen LogP contribution is -2.34. The Labute approximate surface area is 133 Å². The SMILES string of the molecule is CC(C)N(CCNc1ccccc1Br)Cc1cccs1. The van der Waals surface area contributed by atoms with Gasteiger partial charge in [-0.2, -0.15) is 0 Å². The van der Waals surface area contributed by atoms with Crippen LogP contribution < -0.4 is 5.32 Å². The van der Waals surface area contributed by atoms with Crippen LogP contribution in [0.25, 0.3) is 0 Å². The van der Waals surface area contributed by atoms with Gasteiger partial charge in [-0.3, -0.25) is 4.90 Å². The molecular weight excluding hydrogens is 332 g/mol. The Morgan fingerprint density at radius 1 is 1.20 bits per heavy atom. The number of halogens is 1. The van der Waals surface area contributed by atoms with Gasteiger partial charge in [-0.05, 0) is 53.4 Å². The second-order valence-electron chi connectivity index (χ2n) is 5.05. The van der Waals surface area contributed by atoms with Gasteiger partial charge in [0.15, 0.2) is 0 Å². The summed E-state index contributed by atoms with van der Waals surface area (Å²) in [6, 6.07) is 13.1. The van der Waals surface area contributed by atoms with E-state index in [0.29, 0.717) is 6.04 Å². The Kier molecular flexibility index (Phi) is 6.07. The lowest BCUT2D eigenvalue weighted by Gasteiger charge is -2.26. The minimum absolute atomic E-state index is 0.554. The second-order valence-corrected chi connectivity index (χ2v) is 6.94. The van der Waals surface area contributed by atoms with Crippen molar-refractivity contribution in [3.8, 4) is 0 Å². The fraction of sp³-hybridized carbons (Fsp3) is 0.375. The Bertz CT molecular complexity index is 511. The monoisotopic (exact) mass is 352 g/mol. The third-order valence-electron chi connectivity index (χ3n) is 3.26. The summed E-state index contributed by atoms with van der Waals surface area (Å²) in [6.45, 7) is 7.54. The summed E-state index contributed by atoms with van der Waals surface area (Å²) in [7, 11) is 0. The van der Waals surface area contributed by atoms with Gasteiger partial charge in [0.1, 0.15) is 0 Å². The van der Waals surface area contributed by atoms with E-state index in [4.69, 9.17) is 0 Å². The van der Waals surface area contributed by atoms with Crippen LogP contribution in [0.4, 0.5) is 5.69 Å². The smallest absolute Gasteiger partial charge is 0.0485 e. The average molecular weight is 353 g/mol. The van der Waals surface area contributed by atoms with Crippen LogP contribution in [0, 0.1) is 0 Å². The van der Waals surface area contributed by atoms with Gasteiger partial charge in [0.2, 0.25) is 0 Å². The van der Waals surface area contributed by atoms with Gasteiger partial charge in [0.25, 0.3) is 0 Å². The minimum atomic E-state index is 0.554. The highest BCUT2D eigenvalue weighted by Crippen LogP contribution is 2.21. The maximum absolute atomic E-state index is 3.57. The number of thiophene rings is 1. The molecule has 4 heteroatoms. The highest BCUT2D eigenvalue weighted by atomic mass is 79.9. The number of benzene rings is 1. The lowest BCUT2D eigenvalue weighted by atomic mass is 10.3. The number of hydrogen-bond donors (Lipinski definition) is 1. The van der Waals surface area contributed by atoms with Crippen molar-refractivity contribution >= 4 is 33.0 Å². The molecule has 0 atom stereocenters. The molecule has 2 aromatic rings. The number of nitrogens with one attached hydrogen (secondary N) is 1. The topological polar surface area (TPSA) is 15.3 Å². The van der Waals surface area contributed by atoms with Crippen molar-refractivity contribution in [3.63, 3.8) is 0 Å². The largest absolute Gasteiger partial charge is 0.383 e. The van der Waals surface area contributed by atoms with E-state index < -0.39 is 0 Å². The van der Waals surface area contributed by atoms with E-state index in [1.165, 1.54) is 4.88 Å². The highest BCUT2D eigenvalue weighted by Gasteiger charge is 2.10. The molecule has 1 aromatic carbocycles. The summed E-state index contributed by atoms with van der Waals surface area (Å²) in [6.07, 6.45) is 0. The standard InChI is InChI=1S/C16H21BrN2S/c1-13(2)19(12-14-6-5-11-20-14)10-9-18-16-8-4-3-7-15(16)17/h3-8,11,13,18H,9-10,12H2,1-2H3. The maximum atomic E-state index is 3.57. The maximum Gasteiger partial charge on any atom is 0.0485 e. The zero-order chi connectivity index (χ0) is 14.4. The van der Waals surface area contributed by atoms with Crippen LogP contribution in [0.1, 0.15) is 18.7 Å². The van der Waals surface area contributed by atoms with Gasteiger partial charge in [-0.25, -0.2) is 0 Å². The van der Waals surface area contributed by atoms with Gasteiger partial charge in [0.05, 0.1) is 0 Å². The Morgan fingerprint density at radius 2 is 2.00 bits per heavy atom. The van der Waals surface area contributed by atoms with E-state index in [9.17, 15) is 0 Å². The third-order valence-corrected chi connectivity index (χ3v) is 4.81. The first-order chi connectivity index (χ1) is 9.66. The summed E-state index contributed by atoms with van der Waals surface area (Å²) >= 11 is 5.40. The molecule has 0 radical (unpaired) electrons. The van der Waals surface area contributed by atoms with Crippen molar-refractivity contribution in [3.05, 3.63) is 51.1 Å². The molecule has 0 unspecified atom stereocenters. The van der Waals surface area contributed by atoms with Gasteiger partial charge in [-0.1, -0.05) is 18.2 Å². The van der Waals surface area contributed by atoms with E-state index in [-0.39, 0.29) is 0 Å². The fourth-order valence-corrected chi connectivity index (χ4v) is 3.22.